The van der Waals surface area contributed by atoms with Gasteiger partial charge in [-0.05, 0) is 40.0 Å². The summed E-state index contributed by atoms with van der Waals surface area (Å²) in [6, 6.07) is -0.364. The molecule has 18 heavy (non-hydrogen) atoms. The van der Waals surface area contributed by atoms with Crippen LogP contribution in [0.2, 0.25) is 0 Å². The van der Waals surface area contributed by atoms with Crippen molar-refractivity contribution in [3.05, 3.63) is 0 Å². The molecule has 0 aromatic heterocycles. The highest BCUT2D eigenvalue weighted by Gasteiger charge is 2.27. The topological polar surface area (TPSA) is 75.4 Å². The Morgan fingerprint density at radius 3 is 2.61 bits per heavy atom. The van der Waals surface area contributed by atoms with Crippen molar-refractivity contribution < 1.29 is 9.59 Å². The maximum Gasteiger partial charge on any atom is 0.245 e. The van der Waals surface area contributed by atoms with Crippen LogP contribution in [-0.2, 0) is 9.59 Å². The maximum atomic E-state index is 12.2. The van der Waals surface area contributed by atoms with Crippen LogP contribution in [0.5, 0.6) is 0 Å². The Kier molecular flexibility index (Phi) is 5.59. The van der Waals surface area contributed by atoms with E-state index >= 15 is 0 Å². The molecule has 1 heterocycles. The number of carbonyl (C=O) groups excluding carboxylic acids is 2. The molecule has 5 heteroatoms. The highest BCUT2D eigenvalue weighted by atomic mass is 16.2. The molecular formula is C13H25N3O2. The van der Waals surface area contributed by atoms with Gasteiger partial charge in [-0.25, -0.2) is 0 Å². The number of nitrogens with one attached hydrogen (secondary N) is 1. The SMILES string of the molecule is CC(N)CC(=O)NC(C)C(=O)N1CCCCC1C. The molecule has 0 aromatic carbocycles. The van der Waals surface area contributed by atoms with Gasteiger partial charge in [0.05, 0.1) is 0 Å². The zero-order valence-corrected chi connectivity index (χ0v) is 11.6. The molecule has 0 spiro atoms. The summed E-state index contributed by atoms with van der Waals surface area (Å²) in [6.07, 6.45) is 3.53. The molecule has 1 fully saturated rings. The Morgan fingerprint density at radius 2 is 2.06 bits per heavy atom. The fourth-order valence-corrected chi connectivity index (χ4v) is 2.33. The summed E-state index contributed by atoms with van der Waals surface area (Å²) >= 11 is 0. The molecule has 1 rings (SSSR count). The third-order valence-corrected chi connectivity index (χ3v) is 3.34. The Balaban J connectivity index is 2.47. The van der Waals surface area contributed by atoms with Crippen molar-refractivity contribution in [3.8, 4) is 0 Å². The van der Waals surface area contributed by atoms with Crippen molar-refractivity contribution in [3.63, 3.8) is 0 Å². The number of nitrogens with zero attached hydrogens (tertiary/aromatic N) is 1. The number of carbonyl (C=O) groups is 2. The second kappa shape index (κ2) is 6.73. The van der Waals surface area contributed by atoms with E-state index in [2.05, 4.69) is 12.2 Å². The van der Waals surface area contributed by atoms with E-state index in [0.717, 1.165) is 19.4 Å². The summed E-state index contributed by atoms with van der Waals surface area (Å²) in [5, 5.41) is 2.72. The van der Waals surface area contributed by atoms with Crippen molar-refractivity contribution in [2.45, 2.75) is 64.6 Å². The quantitative estimate of drug-likeness (QED) is 0.773. The number of likely N-dealkylation sites (tertiary alicyclic amines) is 1. The van der Waals surface area contributed by atoms with Crippen molar-refractivity contribution in [1.29, 1.82) is 0 Å². The Morgan fingerprint density at radius 1 is 1.39 bits per heavy atom. The molecule has 1 aliphatic heterocycles. The lowest BCUT2D eigenvalue weighted by molar-refractivity contribution is -0.138. The van der Waals surface area contributed by atoms with Crippen LogP contribution in [-0.4, -0.2) is 41.4 Å². The van der Waals surface area contributed by atoms with Gasteiger partial charge in [0.2, 0.25) is 11.8 Å². The summed E-state index contributed by atoms with van der Waals surface area (Å²) < 4.78 is 0. The number of piperidine rings is 1. The summed E-state index contributed by atoms with van der Waals surface area (Å²) in [5.74, 6) is -0.143. The Bertz CT molecular complexity index is 305. The zero-order valence-electron chi connectivity index (χ0n) is 11.6. The minimum absolute atomic E-state index is 0.0141. The van der Waals surface area contributed by atoms with Crippen molar-refractivity contribution in [2.24, 2.45) is 5.73 Å². The van der Waals surface area contributed by atoms with Crippen molar-refractivity contribution in [1.82, 2.24) is 10.2 Å². The molecule has 0 aliphatic carbocycles. The third kappa shape index (κ3) is 4.29. The van der Waals surface area contributed by atoms with Crippen LogP contribution in [0, 0.1) is 0 Å². The van der Waals surface area contributed by atoms with Gasteiger partial charge in [-0.15, -0.1) is 0 Å². The maximum absolute atomic E-state index is 12.2. The van der Waals surface area contributed by atoms with Crippen LogP contribution in [0.3, 0.4) is 0 Å². The highest BCUT2D eigenvalue weighted by Crippen LogP contribution is 2.17. The minimum Gasteiger partial charge on any atom is -0.345 e. The third-order valence-electron chi connectivity index (χ3n) is 3.34. The molecular weight excluding hydrogens is 230 g/mol. The largest absolute Gasteiger partial charge is 0.345 e. The van der Waals surface area contributed by atoms with E-state index in [1.54, 1.807) is 13.8 Å². The normalized spacial score (nSPS) is 23.3. The van der Waals surface area contributed by atoms with Crippen LogP contribution in [0.15, 0.2) is 0 Å². The van der Waals surface area contributed by atoms with Crippen molar-refractivity contribution in [2.75, 3.05) is 6.54 Å². The number of hydrogen-bond acceptors (Lipinski definition) is 3. The molecule has 0 radical (unpaired) electrons. The van der Waals surface area contributed by atoms with E-state index in [1.165, 1.54) is 6.42 Å². The second-order valence-electron chi connectivity index (χ2n) is 5.35. The molecule has 1 aliphatic rings. The van der Waals surface area contributed by atoms with Gasteiger partial charge in [-0.2, -0.15) is 0 Å². The van der Waals surface area contributed by atoms with Gasteiger partial charge in [-0.3, -0.25) is 9.59 Å². The second-order valence-corrected chi connectivity index (χ2v) is 5.35. The van der Waals surface area contributed by atoms with Crippen LogP contribution in [0.1, 0.15) is 46.5 Å². The lowest BCUT2D eigenvalue weighted by Crippen LogP contribution is -2.51. The first kappa shape index (κ1) is 15.0. The van der Waals surface area contributed by atoms with Gasteiger partial charge in [0.1, 0.15) is 6.04 Å². The van der Waals surface area contributed by atoms with E-state index in [0.29, 0.717) is 0 Å². The average Bonchev–Trinajstić information content (AvgIpc) is 2.27. The van der Waals surface area contributed by atoms with Gasteiger partial charge in [-0.1, -0.05) is 0 Å². The molecule has 5 nitrogen and oxygen atoms in total. The number of rotatable bonds is 4. The number of amides is 2. The van der Waals surface area contributed by atoms with Gasteiger partial charge in [0.25, 0.3) is 0 Å². The van der Waals surface area contributed by atoms with E-state index in [4.69, 9.17) is 5.73 Å². The number of hydrogen-bond donors (Lipinski definition) is 2. The van der Waals surface area contributed by atoms with E-state index in [1.807, 2.05) is 4.90 Å². The molecule has 1 saturated heterocycles. The molecule has 104 valence electrons. The highest BCUT2D eigenvalue weighted by molar-refractivity contribution is 5.87. The van der Waals surface area contributed by atoms with Crippen molar-refractivity contribution >= 4 is 11.8 Å². The smallest absolute Gasteiger partial charge is 0.245 e. The molecule has 0 saturated carbocycles. The van der Waals surface area contributed by atoms with Crippen LogP contribution >= 0.6 is 0 Å². The lowest BCUT2D eigenvalue weighted by atomic mass is 10.0. The van der Waals surface area contributed by atoms with E-state index in [9.17, 15) is 9.59 Å². The lowest BCUT2D eigenvalue weighted by Gasteiger charge is -2.35. The Labute approximate surface area is 109 Å². The minimum atomic E-state index is -0.461. The summed E-state index contributed by atoms with van der Waals surface area (Å²) in [6.45, 7) is 6.38. The van der Waals surface area contributed by atoms with Crippen LogP contribution < -0.4 is 11.1 Å². The summed E-state index contributed by atoms with van der Waals surface area (Å²) in [7, 11) is 0. The fraction of sp³-hybridized carbons (Fsp3) is 0.846. The van der Waals surface area contributed by atoms with Gasteiger partial charge in [0.15, 0.2) is 0 Å². The summed E-state index contributed by atoms with van der Waals surface area (Å²) in [4.78, 5) is 25.7. The van der Waals surface area contributed by atoms with Crippen LogP contribution in [0.25, 0.3) is 0 Å². The molecule has 3 N–H and O–H groups in total. The predicted octanol–water partition coefficient (Wildman–Crippen LogP) is 0.629. The van der Waals surface area contributed by atoms with E-state index in [-0.39, 0.29) is 30.3 Å². The first-order chi connectivity index (χ1) is 8.41. The fourth-order valence-electron chi connectivity index (χ4n) is 2.33. The average molecular weight is 255 g/mol. The molecule has 0 aromatic rings. The van der Waals surface area contributed by atoms with Crippen LogP contribution in [0.4, 0.5) is 0 Å². The molecule has 3 unspecified atom stereocenters. The Hall–Kier alpha value is -1.10. The van der Waals surface area contributed by atoms with Gasteiger partial charge < -0.3 is 16.0 Å². The number of nitrogens with two attached hydrogens (primary N) is 1. The van der Waals surface area contributed by atoms with Gasteiger partial charge in [0, 0.05) is 25.0 Å². The molecule has 3 atom stereocenters. The summed E-state index contributed by atoms with van der Waals surface area (Å²) in [5.41, 5.74) is 5.55. The monoisotopic (exact) mass is 255 g/mol. The molecule has 2 amide bonds. The predicted molar refractivity (Wildman–Crippen MR) is 70.9 cm³/mol. The molecule has 0 bridgehead atoms. The zero-order chi connectivity index (χ0) is 13.7. The standard InChI is InChI=1S/C13H25N3O2/c1-9(14)8-12(17)15-11(3)13(18)16-7-5-4-6-10(16)2/h9-11H,4-8,14H2,1-3H3,(H,15,17). The van der Waals surface area contributed by atoms with Gasteiger partial charge >= 0.3 is 0 Å². The first-order valence-electron chi connectivity index (χ1n) is 6.77. The first-order valence-corrected chi connectivity index (χ1v) is 6.77. The van der Waals surface area contributed by atoms with E-state index < -0.39 is 6.04 Å².